The average molecular weight is 481 g/mol. The van der Waals surface area contributed by atoms with Crippen LogP contribution in [0.5, 0.6) is 0 Å². The molecule has 1 fully saturated rings. The van der Waals surface area contributed by atoms with Gasteiger partial charge in [-0.15, -0.1) is 0 Å². The van der Waals surface area contributed by atoms with Crippen molar-refractivity contribution in [2.75, 3.05) is 12.4 Å². The molecule has 0 N–H and O–H groups in total. The maximum absolute atomic E-state index is 12.3. The number of fused-ring (bicyclic) bond motifs is 1. The minimum atomic E-state index is -3.87. The molecule has 0 aliphatic carbocycles. The van der Waals surface area contributed by atoms with E-state index in [0.29, 0.717) is 4.90 Å². The van der Waals surface area contributed by atoms with Gasteiger partial charge in [-0.05, 0) is 31.9 Å². The van der Waals surface area contributed by atoms with Crippen LogP contribution in [0.1, 0.15) is 6.92 Å². The van der Waals surface area contributed by atoms with E-state index in [1.807, 2.05) is 0 Å². The largest absolute Gasteiger partial charge is 1.00 e. The summed E-state index contributed by atoms with van der Waals surface area (Å²) in [7, 11) is -3.87. The zero-order valence-corrected chi connectivity index (χ0v) is 17.9. The SMILES string of the molecule is CC(=O)OCC1=C(C(=O)[O-])N2C(=O)C(=C(Br)Br)[C@H]2S(=O)(=O)C1.[Na+]. The van der Waals surface area contributed by atoms with Gasteiger partial charge in [0.1, 0.15) is 6.61 Å². The van der Waals surface area contributed by atoms with Crippen LogP contribution >= 0.6 is 31.9 Å². The van der Waals surface area contributed by atoms with Gasteiger partial charge in [0.25, 0.3) is 5.91 Å². The van der Waals surface area contributed by atoms with Crippen LogP contribution in [-0.2, 0) is 29.0 Å². The predicted octanol–water partition coefficient (Wildman–Crippen LogP) is -3.84. The van der Waals surface area contributed by atoms with E-state index in [2.05, 4.69) is 36.6 Å². The van der Waals surface area contributed by atoms with Crippen molar-refractivity contribution in [2.24, 2.45) is 0 Å². The molecule has 0 radical (unpaired) electrons. The normalized spacial score (nSPS) is 21.9. The van der Waals surface area contributed by atoms with Gasteiger partial charge in [0.15, 0.2) is 15.2 Å². The monoisotopic (exact) mass is 479 g/mol. The molecular weight excluding hydrogens is 473 g/mol. The van der Waals surface area contributed by atoms with Crippen molar-refractivity contribution in [3.63, 3.8) is 0 Å². The molecule has 0 aromatic rings. The second-order valence-corrected chi connectivity index (χ2v) is 9.24. The Kier molecular flexibility index (Phi) is 6.67. The Hall–Kier alpha value is -0.200. The number of carboxylic acid groups (broad SMARTS) is 1. The maximum Gasteiger partial charge on any atom is 1.00 e. The fourth-order valence-corrected chi connectivity index (χ4v) is 5.28. The molecular formula is C11H8Br2NNaO7S. The zero-order chi connectivity index (χ0) is 16.8. The summed E-state index contributed by atoms with van der Waals surface area (Å²) in [6.07, 6.45) is 0. The average Bonchev–Trinajstić information content (AvgIpc) is 2.35. The van der Waals surface area contributed by atoms with Gasteiger partial charge in [-0.2, -0.15) is 0 Å². The first-order valence-corrected chi connectivity index (χ1v) is 9.05. The van der Waals surface area contributed by atoms with Crippen molar-refractivity contribution in [1.82, 2.24) is 4.90 Å². The molecule has 0 aromatic heterocycles. The van der Waals surface area contributed by atoms with Crippen LogP contribution in [0, 0.1) is 0 Å². The van der Waals surface area contributed by atoms with Crippen LogP contribution in [0.25, 0.3) is 0 Å². The number of amides is 1. The molecule has 23 heavy (non-hydrogen) atoms. The van der Waals surface area contributed by atoms with Gasteiger partial charge in [0.2, 0.25) is 0 Å². The third-order valence-electron chi connectivity index (χ3n) is 3.07. The third-order valence-corrected chi connectivity index (χ3v) is 5.80. The number of sulfone groups is 1. The molecule has 0 spiro atoms. The Bertz CT molecular complexity index is 754. The topological polar surface area (TPSA) is 121 Å². The molecule has 2 rings (SSSR count). The number of esters is 1. The number of carboxylic acids is 1. The van der Waals surface area contributed by atoms with Gasteiger partial charge in [0.05, 0.1) is 26.4 Å². The first-order chi connectivity index (χ1) is 10.1. The number of β-lactam (4-membered cyclic amide) rings is 1. The van der Waals surface area contributed by atoms with E-state index >= 15 is 0 Å². The van der Waals surface area contributed by atoms with Crippen LogP contribution in [0.3, 0.4) is 0 Å². The fourth-order valence-electron chi connectivity index (χ4n) is 2.24. The summed E-state index contributed by atoms with van der Waals surface area (Å²) in [5, 5.41) is 9.89. The minimum absolute atomic E-state index is 0. The molecule has 0 unspecified atom stereocenters. The van der Waals surface area contributed by atoms with E-state index in [9.17, 15) is 27.9 Å². The van der Waals surface area contributed by atoms with Gasteiger partial charge >= 0.3 is 35.5 Å². The van der Waals surface area contributed by atoms with Crippen molar-refractivity contribution in [3.05, 3.63) is 20.2 Å². The molecule has 0 bridgehead atoms. The van der Waals surface area contributed by atoms with Gasteiger partial charge in [-0.25, -0.2) is 8.42 Å². The molecule has 2 aliphatic heterocycles. The Morgan fingerprint density at radius 2 is 1.96 bits per heavy atom. The van der Waals surface area contributed by atoms with Crippen LogP contribution in [-0.4, -0.2) is 48.9 Å². The molecule has 1 atom stereocenters. The third kappa shape index (κ3) is 3.74. The smallest absolute Gasteiger partial charge is 0.543 e. The summed E-state index contributed by atoms with van der Waals surface area (Å²) in [6, 6.07) is 0. The van der Waals surface area contributed by atoms with Crippen molar-refractivity contribution in [3.8, 4) is 0 Å². The summed E-state index contributed by atoms with van der Waals surface area (Å²) >= 11 is 5.93. The number of carbonyl (C=O) groups is 3. The first kappa shape index (κ1) is 20.8. The molecule has 12 heteroatoms. The number of hydrogen-bond acceptors (Lipinski definition) is 7. The molecule has 0 aromatic carbocycles. The number of carbonyl (C=O) groups excluding carboxylic acids is 3. The predicted molar refractivity (Wildman–Crippen MR) is 78.0 cm³/mol. The van der Waals surface area contributed by atoms with Crippen LogP contribution < -0.4 is 34.7 Å². The fraction of sp³-hybridized carbons (Fsp3) is 0.364. The van der Waals surface area contributed by atoms with E-state index < -0.39 is 51.1 Å². The van der Waals surface area contributed by atoms with E-state index in [1.54, 1.807) is 0 Å². The summed E-state index contributed by atoms with van der Waals surface area (Å²) in [4.78, 5) is 34.8. The number of ether oxygens (including phenoxy) is 1. The molecule has 2 heterocycles. The van der Waals surface area contributed by atoms with Crippen LogP contribution in [0.4, 0.5) is 0 Å². The van der Waals surface area contributed by atoms with Gasteiger partial charge in [0, 0.05) is 12.5 Å². The van der Waals surface area contributed by atoms with Crippen LogP contribution in [0.2, 0.25) is 0 Å². The van der Waals surface area contributed by atoms with Crippen molar-refractivity contribution >= 4 is 59.5 Å². The Morgan fingerprint density at radius 3 is 2.39 bits per heavy atom. The van der Waals surface area contributed by atoms with E-state index in [0.717, 1.165) is 6.92 Å². The molecule has 1 saturated heterocycles. The standard InChI is InChI=1S/C11H9Br2NO7S.Na/c1-4(15)21-2-5-3-22(19,20)10-6(8(12)13)9(16)14(10)7(5)11(17)18;/h10H,2-3H2,1H3,(H,17,18);/q;+1/p-1/t10-;/m1./s1. The minimum Gasteiger partial charge on any atom is -0.543 e. The number of rotatable bonds is 3. The molecule has 8 nitrogen and oxygen atoms in total. The van der Waals surface area contributed by atoms with Crippen molar-refractivity contribution in [2.45, 2.75) is 12.3 Å². The van der Waals surface area contributed by atoms with Gasteiger partial charge in [-0.3, -0.25) is 14.5 Å². The number of hydrogen-bond donors (Lipinski definition) is 0. The van der Waals surface area contributed by atoms with Gasteiger partial charge < -0.3 is 14.6 Å². The number of aliphatic carboxylic acids is 1. The molecule has 2 aliphatic rings. The van der Waals surface area contributed by atoms with E-state index in [-0.39, 0.29) is 44.1 Å². The second kappa shape index (κ2) is 7.36. The maximum atomic E-state index is 12.3. The number of halogens is 2. The van der Waals surface area contributed by atoms with E-state index in [4.69, 9.17) is 0 Å². The molecule has 1 amide bonds. The Morgan fingerprint density at radius 1 is 1.39 bits per heavy atom. The molecule has 0 saturated carbocycles. The van der Waals surface area contributed by atoms with E-state index in [1.165, 1.54) is 0 Å². The Balaban J connectivity index is 0.00000264. The second-order valence-electron chi connectivity index (χ2n) is 4.53. The van der Waals surface area contributed by atoms with Crippen molar-refractivity contribution < 1.29 is 62.2 Å². The summed E-state index contributed by atoms with van der Waals surface area (Å²) < 4.78 is 29.3. The summed E-state index contributed by atoms with van der Waals surface area (Å²) in [5.74, 6) is -3.84. The first-order valence-electron chi connectivity index (χ1n) is 5.75. The summed E-state index contributed by atoms with van der Waals surface area (Å²) in [6.45, 7) is 0.555. The quantitative estimate of drug-likeness (QED) is 0.175. The van der Waals surface area contributed by atoms with Gasteiger partial charge in [-0.1, -0.05) is 0 Å². The summed E-state index contributed by atoms with van der Waals surface area (Å²) in [5.41, 5.74) is -0.870. The van der Waals surface area contributed by atoms with Crippen LogP contribution in [0.15, 0.2) is 20.2 Å². The number of nitrogens with zero attached hydrogens (tertiary/aromatic N) is 1. The molecule has 120 valence electrons. The zero-order valence-electron chi connectivity index (χ0n) is 12.0. The Labute approximate surface area is 170 Å². The van der Waals surface area contributed by atoms with Crippen molar-refractivity contribution in [1.29, 1.82) is 0 Å².